The van der Waals surface area contributed by atoms with Crippen LogP contribution in [0.15, 0.2) is 29.2 Å². The summed E-state index contributed by atoms with van der Waals surface area (Å²) >= 11 is 0. The van der Waals surface area contributed by atoms with Crippen molar-refractivity contribution in [3.63, 3.8) is 0 Å². The number of rotatable bonds is 5. The highest BCUT2D eigenvalue weighted by Crippen LogP contribution is 2.43. The number of H-pyrrole nitrogens is 1. The second-order valence-corrected chi connectivity index (χ2v) is 7.13. The number of amides is 1. The number of carbonyl (C=O) groups excluding carboxylic acids is 1. The standard InChI is InChI=1S/C20H18FN5O3/c1-10-2-3-12(6-14(10)21)15-8-26-18(20(29)24-15)16(11-4-5-11)17(25-26)19(28)23-13(7-22)9-27/h2-3,6,8,11,13,27H,4-5,9H2,1H3,(H,23,28)(H,24,29). The van der Waals surface area contributed by atoms with Crippen molar-refractivity contribution in [3.05, 3.63) is 57.4 Å². The molecule has 0 saturated heterocycles. The van der Waals surface area contributed by atoms with Gasteiger partial charge < -0.3 is 15.4 Å². The van der Waals surface area contributed by atoms with Crippen LogP contribution >= 0.6 is 0 Å². The molecule has 1 aromatic carbocycles. The van der Waals surface area contributed by atoms with Crippen LogP contribution in [0, 0.1) is 24.1 Å². The van der Waals surface area contributed by atoms with Crippen molar-refractivity contribution in [2.75, 3.05) is 6.61 Å². The SMILES string of the molecule is Cc1ccc(-c2cn3nc(C(=O)NC(C#N)CO)c(C4CC4)c3c(=O)[nH]2)cc1F. The number of aryl methyl sites for hydroxylation is 1. The Bertz CT molecular complexity index is 1220. The quantitative estimate of drug-likeness (QED) is 0.606. The van der Waals surface area contributed by atoms with E-state index in [1.54, 1.807) is 25.1 Å². The highest BCUT2D eigenvalue weighted by Gasteiger charge is 2.34. The summed E-state index contributed by atoms with van der Waals surface area (Å²) in [4.78, 5) is 28.2. The third-order valence-corrected chi connectivity index (χ3v) is 4.99. The molecule has 1 saturated carbocycles. The highest BCUT2D eigenvalue weighted by atomic mass is 19.1. The lowest BCUT2D eigenvalue weighted by Crippen LogP contribution is -2.36. The van der Waals surface area contributed by atoms with Gasteiger partial charge in [0.15, 0.2) is 5.69 Å². The summed E-state index contributed by atoms with van der Waals surface area (Å²) in [7, 11) is 0. The Morgan fingerprint density at radius 2 is 2.28 bits per heavy atom. The number of nitrogens with one attached hydrogen (secondary N) is 2. The third-order valence-electron chi connectivity index (χ3n) is 4.99. The predicted molar refractivity (Wildman–Crippen MR) is 102 cm³/mol. The Kier molecular flexibility index (Phi) is 4.64. The van der Waals surface area contributed by atoms with Gasteiger partial charge in [-0.3, -0.25) is 9.59 Å². The molecule has 1 atom stereocenters. The van der Waals surface area contributed by atoms with Crippen molar-refractivity contribution in [1.29, 1.82) is 5.26 Å². The molecular formula is C20H18FN5O3. The normalized spacial score (nSPS) is 14.6. The van der Waals surface area contributed by atoms with Crippen molar-refractivity contribution < 1.29 is 14.3 Å². The van der Waals surface area contributed by atoms with Crippen molar-refractivity contribution in [1.82, 2.24) is 19.9 Å². The number of aromatic amines is 1. The zero-order valence-corrected chi connectivity index (χ0v) is 15.6. The van der Waals surface area contributed by atoms with Gasteiger partial charge in [0.1, 0.15) is 17.4 Å². The third kappa shape index (κ3) is 3.39. The van der Waals surface area contributed by atoms with Crippen molar-refractivity contribution in [3.8, 4) is 17.3 Å². The van der Waals surface area contributed by atoms with Crippen LogP contribution in [-0.4, -0.2) is 38.3 Å². The summed E-state index contributed by atoms with van der Waals surface area (Å²) in [6, 6.07) is 5.34. The summed E-state index contributed by atoms with van der Waals surface area (Å²) in [6.45, 7) is 1.12. The molecule has 1 unspecified atom stereocenters. The monoisotopic (exact) mass is 395 g/mol. The molecule has 148 valence electrons. The Labute approximate surface area is 164 Å². The van der Waals surface area contributed by atoms with Gasteiger partial charge in [-0.2, -0.15) is 10.4 Å². The van der Waals surface area contributed by atoms with E-state index in [4.69, 9.17) is 10.4 Å². The highest BCUT2D eigenvalue weighted by molar-refractivity contribution is 5.96. The van der Waals surface area contributed by atoms with Crippen LogP contribution in [-0.2, 0) is 0 Å². The van der Waals surface area contributed by atoms with Gasteiger partial charge in [0.2, 0.25) is 0 Å². The van der Waals surface area contributed by atoms with E-state index in [-0.39, 0.29) is 17.1 Å². The number of nitriles is 1. The fourth-order valence-corrected chi connectivity index (χ4v) is 3.28. The van der Waals surface area contributed by atoms with Crippen molar-refractivity contribution in [2.45, 2.75) is 31.7 Å². The van der Waals surface area contributed by atoms with Crippen LogP contribution in [0.3, 0.4) is 0 Å². The minimum atomic E-state index is -1.07. The summed E-state index contributed by atoms with van der Waals surface area (Å²) < 4.78 is 15.3. The van der Waals surface area contributed by atoms with Crippen LogP contribution in [0.5, 0.6) is 0 Å². The fraction of sp³-hybridized carbons (Fsp3) is 0.300. The zero-order chi connectivity index (χ0) is 20.7. The van der Waals surface area contributed by atoms with E-state index < -0.39 is 29.9 Å². The van der Waals surface area contributed by atoms with Gasteiger partial charge in [0.05, 0.1) is 24.6 Å². The summed E-state index contributed by atoms with van der Waals surface area (Å²) in [5.41, 5.74) is 1.73. The summed E-state index contributed by atoms with van der Waals surface area (Å²) in [6.07, 6.45) is 3.19. The molecule has 1 fully saturated rings. The lowest BCUT2D eigenvalue weighted by Gasteiger charge is -2.07. The number of aliphatic hydroxyl groups excluding tert-OH is 1. The molecule has 9 heteroatoms. The van der Waals surface area contributed by atoms with Gasteiger partial charge in [-0.25, -0.2) is 8.91 Å². The molecular weight excluding hydrogens is 377 g/mol. The Balaban J connectivity index is 1.84. The number of halogens is 1. The largest absolute Gasteiger partial charge is 0.393 e. The molecule has 0 aliphatic heterocycles. The van der Waals surface area contributed by atoms with Gasteiger partial charge in [-0.05, 0) is 37.3 Å². The number of fused-ring (bicyclic) bond motifs is 1. The lowest BCUT2D eigenvalue weighted by molar-refractivity contribution is 0.0924. The van der Waals surface area contributed by atoms with E-state index in [1.165, 1.54) is 16.8 Å². The van der Waals surface area contributed by atoms with Gasteiger partial charge in [-0.1, -0.05) is 12.1 Å². The molecule has 3 N–H and O–H groups in total. The molecule has 0 bridgehead atoms. The van der Waals surface area contributed by atoms with Crippen LogP contribution in [0.2, 0.25) is 0 Å². The Morgan fingerprint density at radius 3 is 2.90 bits per heavy atom. The first-order chi connectivity index (χ1) is 13.9. The molecule has 2 heterocycles. The molecule has 29 heavy (non-hydrogen) atoms. The number of nitrogens with zero attached hydrogens (tertiary/aromatic N) is 3. The fourth-order valence-electron chi connectivity index (χ4n) is 3.28. The maximum absolute atomic E-state index is 13.9. The van der Waals surface area contributed by atoms with Crippen LogP contribution in [0.1, 0.15) is 40.4 Å². The van der Waals surface area contributed by atoms with Gasteiger partial charge in [-0.15, -0.1) is 0 Å². The van der Waals surface area contributed by atoms with E-state index in [0.29, 0.717) is 22.4 Å². The number of aromatic nitrogens is 3. The average molecular weight is 395 g/mol. The average Bonchev–Trinajstić information content (AvgIpc) is 3.47. The molecule has 0 spiro atoms. The molecule has 0 radical (unpaired) electrons. The smallest absolute Gasteiger partial charge is 0.274 e. The molecule has 8 nitrogen and oxygen atoms in total. The van der Waals surface area contributed by atoms with Crippen molar-refractivity contribution in [2.24, 2.45) is 0 Å². The first-order valence-electron chi connectivity index (χ1n) is 9.16. The van der Waals surface area contributed by atoms with E-state index in [2.05, 4.69) is 15.4 Å². The van der Waals surface area contributed by atoms with Crippen LogP contribution in [0.25, 0.3) is 16.8 Å². The Morgan fingerprint density at radius 1 is 1.52 bits per heavy atom. The summed E-state index contributed by atoms with van der Waals surface area (Å²) in [5.74, 6) is -0.987. The first kappa shape index (κ1) is 18.8. The summed E-state index contributed by atoms with van der Waals surface area (Å²) in [5, 5.41) is 24.8. The van der Waals surface area contributed by atoms with Gasteiger partial charge in [0, 0.05) is 11.1 Å². The van der Waals surface area contributed by atoms with Gasteiger partial charge >= 0.3 is 0 Å². The maximum atomic E-state index is 13.9. The molecule has 4 rings (SSSR count). The van der Waals surface area contributed by atoms with E-state index >= 15 is 0 Å². The predicted octanol–water partition coefficient (Wildman–Crippen LogP) is 1.63. The van der Waals surface area contributed by atoms with E-state index in [9.17, 15) is 14.0 Å². The zero-order valence-electron chi connectivity index (χ0n) is 15.6. The first-order valence-corrected chi connectivity index (χ1v) is 9.16. The minimum Gasteiger partial charge on any atom is -0.393 e. The lowest BCUT2D eigenvalue weighted by atomic mass is 10.1. The Hall–Kier alpha value is -3.51. The maximum Gasteiger partial charge on any atom is 0.274 e. The number of aliphatic hydroxyl groups is 1. The number of hydrogen-bond donors (Lipinski definition) is 3. The second kappa shape index (κ2) is 7.14. The molecule has 3 aromatic rings. The minimum absolute atomic E-state index is 0.0340. The second-order valence-electron chi connectivity index (χ2n) is 7.13. The number of benzene rings is 1. The van der Waals surface area contributed by atoms with E-state index in [0.717, 1.165) is 12.8 Å². The van der Waals surface area contributed by atoms with Crippen LogP contribution < -0.4 is 10.9 Å². The van der Waals surface area contributed by atoms with Crippen LogP contribution in [0.4, 0.5) is 4.39 Å². The number of hydrogen-bond acceptors (Lipinski definition) is 5. The molecule has 1 amide bonds. The molecule has 1 aliphatic rings. The topological polar surface area (TPSA) is 123 Å². The van der Waals surface area contributed by atoms with E-state index in [1.807, 2.05) is 0 Å². The molecule has 2 aromatic heterocycles. The number of carbonyl (C=O) groups is 1. The van der Waals surface area contributed by atoms with Crippen molar-refractivity contribution >= 4 is 11.4 Å². The van der Waals surface area contributed by atoms with Gasteiger partial charge in [0.25, 0.3) is 11.5 Å². The molecule has 1 aliphatic carbocycles.